The first kappa shape index (κ1) is 18.5. The van der Waals surface area contributed by atoms with Crippen molar-refractivity contribution in [2.24, 2.45) is 0 Å². The zero-order valence-electron chi connectivity index (χ0n) is 16.3. The highest BCUT2D eigenvalue weighted by molar-refractivity contribution is 5.93. The molecule has 1 aliphatic heterocycles. The molecule has 0 aliphatic carbocycles. The van der Waals surface area contributed by atoms with Crippen molar-refractivity contribution in [3.05, 3.63) is 65.6 Å². The minimum Gasteiger partial charge on any atom is -0.497 e. The Kier molecular flexibility index (Phi) is 5.05. The fourth-order valence-corrected chi connectivity index (χ4v) is 3.88. The first-order valence-corrected chi connectivity index (χ1v) is 9.56. The number of benzene rings is 1. The molecule has 0 radical (unpaired) electrons. The summed E-state index contributed by atoms with van der Waals surface area (Å²) in [6.07, 6.45) is 5.42. The Labute approximate surface area is 164 Å². The van der Waals surface area contributed by atoms with Gasteiger partial charge >= 0.3 is 0 Å². The van der Waals surface area contributed by atoms with Gasteiger partial charge in [0.1, 0.15) is 17.1 Å². The van der Waals surface area contributed by atoms with Crippen LogP contribution in [0.2, 0.25) is 0 Å². The van der Waals surface area contributed by atoms with Crippen LogP contribution in [0.3, 0.4) is 0 Å². The Hall–Kier alpha value is -2.86. The van der Waals surface area contributed by atoms with Crippen molar-refractivity contribution in [1.82, 2.24) is 14.7 Å². The third kappa shape index (κ3) is 3.47. The van der Waals surface area contributed by atoms with Crippen LogP contribution in [0.15, 0.2) is 48.8 Å². The predicted octanol–water partition coefficient (Wildman–Crippen LogP) is 3.13. The van der Waals surface area contributed by atoms with E-state index >= 15 is 0 Å². The maximum atomic E-state index is 12.8. The molecule has 1 N–H and O–H groups in total. The van der Waals surface area contributed by atoms with Gasteiger partial charge in [-0.2, -0.15) is 0 Å². The van der Waals surface area contributed by atoms with Gasteiger partial charge in [-0.1, -0.05) is 18.2 Å². The number of aryl methyl sites for hydroxylation is 1. The molecule has 1 aromatic carbocycles. The van der Waals surface area contributed by atoms with E-state index in [9.17, 15) is 4.79 Å². The Morgan fingerprint density at radius 1 is 1.25 bits per heavy atom. The van der Waals surface area contributed by atoms with E-state index in [1.54, 1.807) is 13.3 Å². The van der Waals surface area contributed by atoms with Crippen molar-refractivity contribution in [2.45, 2.75) is 25.2 Å². The SMILES string of the molecule is COc1ccc(C2(CNC(=O)c3cn4cccc(C)c4n3)CCOCC2)cc1. The lowest BCUT2D eigenvalue weighted by Crippen LogP contribution is -2.44. The molecule has 1 saturated heterocycles. The second kappa shape index (κ2) is 7.64. The Bertz CT molecular complexity index is 972. The molecule has 0 bridgehead atoms. The molecule has 28 heavy (non-hydrogen) atoms. The zero-order chi connectivity index (χ0) is 19.6. The summed E-state index contributed by atoms with van der Waals surface area (Å²) in [7, 11) is 1.66. The number of nitrogens with zero attached hydrogens (tertiary/aromatic N) is 2. The molecule has 1 aliphatic rings. The van der Waals surface area contributed by atoms with Crippen LogP contribution in [-0.4, -0.2) is 42.2 Å². The number of fused-ring (bicyclic) bond motifs is 1. The molecule has 6 heteroatoms. The topological polar surface area (TPSA) is 64.9 Å². The number of amides is 1. The smallest absolute Gasteiger partial charge is 0.271 e. The highest BCUT2D eigenvalue weighted by Gasteiger charge is 2.35. The average Bonchev–Trinajstić information content (AvgIpc) is 3.19. The number of carbonyl (C=O) groups excluding carboxylic acids is 1. The van der Waals surface area contributed by atoms with E-state index in [1.807, 2.05) is 41.8 Å². The molecule has 2 aromatic heterocycles. The van der Waals surface area contributed by atoms with E-state index in [-0.39, 0.29) is 11.3 Å². The van der Waals surface area contributed by atoms with E-state index in [2.05, 4.69) is 22.4 Å². The molecule has 3 aromatic rings. The Morgan fingerprint density at radius 3 is 2.68 bits per heavy atom. The van der Waals surface area contributed by atoms with E-state index in [0.29, 0.717) is 25.5 Å². The number of pyridine rings is 1. The quantitative estimate of drug-likeness (QED) is 0.740. The summed E-state index contributed by atoms with van der Waals surface area (Å²) in [6, 6.07) is 12.1. The second-order valence-electron chi connectivity index (χ2n) is 7.35. The molecule has 4 rings (SSSR count). The molecule has 6 nitrogen and oxygen atoms in total. The molecule has 0 unspecified atom stereocenters. The summed E-state index contributed by atoms with van der Waals surface area (Å²) in [6.45, 7) is 3.92. The van der Waals surface area contributed by atoms with Crippen LogP contribution in [0.1, 0.15) is 34.5 Å². The maximum absolute atomic E-state index is 12.8. The van der Waals surface area contributed by atoms with Gasteiger partial charge in [-0.05, 0) is 49.1 Å². The number of methoxy groups -OCH3 is 1. The number of aromatic nitrogens is 2. The van der Waals surface area contributed by atoms with Crippen LogP contribution in [0, 0.1) is 6.92 Å². The van der Waals surface area contributed by atoms with Gasteiger partial charge < -0.3 is 19.2 Å². The molecule has 146 valence electrons. The summed E-state index contributed by atoms with van der Waals surface area (Å²) in [4.78, 5) is 17.3. The molecule has 1 amide bonds. The minimum absolute atomic E-state index is 0.144. The minimum atomic E-state index is -0.150. The molecule has 0 spiro atoms. The monoisotopic (exact) mass is 379 g/mol. The number of rotatable bonds is 5. The van der Waals surface area contributed by atoms with Crippen LogP contribution in [-0.2, 0) is 10.2 Å². The molecule has 0 atom stereocenters. The Morgan fingerprint density at radius 2 is 2.00 bits per heavy atom. The van der Waals surface area contributed by atoms with E-state index in [0.717, 1.165) is 29.8 Å². The molecule has 1 fully saturated rings. The lowest BCUT2D eigenvalue weighted by atomic mass is 9.74. The van der Waals surface area contributed by atoms with Crippen molar-refractivity contribution in [2.75, 3.05) is 26.9 Å². The summed E-state index contributed by atoms with van der Waals surface area (Å²) in [5.74, 6) is 0.678. The fraction of sp³-hybridized carbons (Fsp3) is 0.364. The van der Waals surface area contributed by atoms with Crippen molar-refractivity contribution in [3.63, 3.8) is 0 Å². The fourth-order valence-electron chi connectivity index (χ4n) is 3.88. The first-order valence-electron chi connectivity index (χ1n) is 9.56. The lowest BCUT2D eigenvalue weighted by Gasteiger charge is -2.38. The number of hydrogen-bond acceptors (Lipinski definition) is 4. The van der Waals surface area contributed by atoms with Gasteiger partial charge in [0.15, 0.2) is 0 Å². The van der Waals surface area contributed by atoms with Crippen molar-refractivity contribution in [3.8, 4) is 5.75 Å². The van der Waals surface area contributed by atoms with Gasteiger partial charge in [0.2, 0.25) is 0 Å². The number of hydrogen-bond donors (Lipinski definition) is 1. The van der Waals surface area contributed by atoms with Crippen LogP contribution >= 0.6 is 0 Å². The average molecular weight is 379 g/mol. The largest absolute Gasteiger partial charge is 0.497 e. The number of ether oxygens (including phenoxy) is 2. The van der Waals surface area contributed by atoms with Gasteiger partial charge in [0.05, 0.1) is 7.11 Å². The van der Waals surface area contributed by atoms with E-state index in [1.165, 1.54) is 5.56 Å². The van der Waals surface area contributed by atoms with Gasteiger partial charge in [-0.15, -0.1) is 0 Å². The summed E-state index contributed by atoms with van der Waals surface area (Å²) >= 11 is 0. The first-order chi connectivity index (χ1) is 13.6. The molecule has 3 heterocycles. The number of imidazole rings is 1. The van der Waals surface area contributed by atoms with Gasteiger partial charge in [0, 0.05) is 37.6 Å². The molecular formula is C22H25N3O3. The number of nitrogens with one attached hydrogen (secondary N) is 1. The predicted molar refractivity (Wildman–Crippen MR) is 107 cm³/mol. The van der Waals surface area contributed by atoms with Crippen LogP contribution in [0.25, 0.3) is 5.65 Å². The summed E-state index contributed by atoms with van der Waals surface area (Å²) in [5, 5.41) is 3.12. The van der Waals surface area contributed by atoms with Crippen LogP contribution in [0.5, 0.6) is 5.75 Å². The summed E-state index contributed by atoms with van der Waals surface area (Å²) < 4.78 is 12.7. The highest BCUT2D eigenvalue weighted by atomic mass is 16.5. The molecule has 0 saturated carbocycles. The van der Waals surface area contributed by atoms with E-state index < -0.39 is 0 Å². The van der Waals surface area contributed by atoms with Crippen LogP contribution < -0.4 is 10.1 Å². The highest BCUT2D eigenvalue weighted by Crippen LogP contribution is 2.35. The Balaban J connectivity index is 1.55. The number of carbonyl (C=O) groups is 1. The normalized spacial score (nSPS) is 16.1. The van der Waals surface area contributed by atoms with Crippen molar-refractivity contribution >= 4 is 11.6 Å². The third-order valence-electron chi connectivity index (χ3n) is 5.65. The van der Waals surface area contributed by atoms with Crippen molar-refractivity contribution < 1.29 is 14.3 Å². The van der Waals surface area contributed by atoms with Gasteiger partial charge in [0.25, 0.3) is 5.91 Å². The maximum Gasteiger partial charge on any atom is 0.271 e. The lowest BCUT2D eigenvalue weighted by molar-refractivity contribution is 0.0486. The third-order valence-corrected chi connectivity index (χ3v) is 5.65. The summed E-state index contributed by atoms with van der Waals surface area (Å²) in [5.41, 5.74) is 3.34. The second-order valence-corrected chi connectivity index (χ2v) is 7.35. The van der Waals surface area contributed by atoms with Gasteiger partial charge in [-0.25, -0.2) is 4.98 Å². The van der Waals surface area contributed by atoms with Crippen molar-refractivity contribution in [1.29, 1.82) is 0 Å². The zero-order valence-corrected chi connectivity index (χ0v) is 16.3. The van der Waals surface area contributed by atoms with Gasteiger partial charge in [-0.3, -0.25) is 4.79 Å². The van der Waals surface area contributed by atoms with Crippen LogP contribution in [0.4, 0.5) is 0 Å². The molecular weight excluding hydrogens is 354 g/mol. The standard InChI is InChI=1S/C22H25N3O3/c1-16-4-3-11-25-14-19(24-20(16)25)21(26)23-15-22(9-12-28-13-10-22)17-5-7-18(27-2)8-6-17/h3-8,11,14H,9-10,12-13,15H2,1-2H3,(H,23,26). The van der Waals surface area contributed by atoms with E-state index in [4.69, 9.17) is 9.47 Å².